The van der Waals surface area contributed by atoms with Crippen LogP contribution in [0.2, 0.25) is 0 Å². The zero-order valence-corrected chi connectivity index (χ0v) is 25.6. The number of furan rings is 1. The number of thiophene rings is 1. The number of benzene rings is 8. The number of fused-ring (bicyclic) bond motifs is 7. The van der Waals surface area contributed by atoms with E-state index in [1.54, 1.807) is 0 Å². The van der Waals surface area contributed by atoms with Crippen LogP contribution in [0.25, 0.3) is 97.0 Å². The van der Waals surface area contributed by atoms with Crippen molar-refractivity contribution in [2.75, 3.05) is 0 Å². The van der Waals surface area contributed by atoms with Gasteiger partial charge in [-0.1, -0.05) is 127 Å². The second kappa shape index (κ2) is 9.90. The van der Waals surface area contributed by atoms with Crippen molar-refractivity contribution in [3.8, 4) is 32.7 Å². The van der Waals surface area contributed by atoms with E-state index in [0.29, 0.717) is 0 Å². The molecule has 2 aromatic heterocycles. The first-order chi connectivity index (χ1) is 22.8. The van der Waals surface area contributed by atoms with E-state index in [1.165, 1.54) is 80.5 Å². The van der Waals surface area contributed by atoms with Crippen LogP contribution >= 0.6 is 11.3 Å². The normalized spacial score (nSPS) is 11.9. The van der Waals surface area contributed by atoms with Crippen LogP contribution in [-0.2, 0) is 0 Å². The molecule has 214 valence electrons. The second-order valence-electron chi connectivity index (χ2n) is 12.0. The van der Waals surface area contributed by atoms with Crippen molar-refractivity contribution in [2.24, 2.45) is 0 Å². The maximum absolute atomic E-state index is 6.60. The van der Waals surface area contributed by atoms with Gasteiger partial charge in [0.05, 0.1) is 0 Å². The van der Waals surface area contributed by atoms with Crippen LogP contribution in [0.5, 0.6) is 0 Å². The van der Waals surface area contributed by atoms with Gasteiger partial charge in [0, 0.05) is 20.3 Å². The van der Waals surface area contributed by atoms with E-state index >= 15 is 0 Å². The van der Waals surface area contributed by atoms with Crippen LogP contribution < -0.4 is 0 Å². The van der Waals surface area contributed by atoms with Crippen molar-refractivity contribution < 1.29 is 4.42 Å². The molecule has 0 amide bonds. The molecule has 10 aromatic rings. The lowest BCUT2D eigenvalue weighted by Crippen LogP contribution is -1.91. The van der Waals surface area contributed by atoms with Gasteiger partial charge in [-0.15, -0.1) is 11.3 Å². The van der Waals surface area contributed by atoms with E-state index < -0.39 is 0 Å². The van der Waals surface area contributed by atoms with Crippen LogP contribution in [-0.4, -0.2) is 0 Å². The molecule has 46 heavy (non-hydrogen) atoms. The van der Waals surface area contributed by atoms with E-state index in [0.717, 1.165) is 16.6 Å². The molecule has 0 fully saturated rings. The molecule has 1 nitrogen and oxygen atoms in total. The SMILES string of the molecule is c1ccc(-c2cc3cc4c(cc3s2)oc2cccc(-c3c5ccccc5c(-c5ccc6ccccc6c5)c5ccccc35)c24)cc1. The molecule has 0 saturated heterocycles. The minimum absolute atomic E-state index is 0.917. The molecule has 0 bridgehead atoms. The second-order valence-corrected chi connectivity index (χ2v) is 13.1. The summed E-state index contributed by atoms with van der Waals surface area (Å²) in [6, 6.07) is 57.3. The Labute approximate surface area is 269 Å². The molecule has 2 heterocycles. The van der Waals surface area contributed by atoms with Gasteiger partial charge in [0.15, 0.2) is 0 Å². The number of hydrogen-bond acceptors (Lipinski definition) is 2. The zero-order chi connectivity index (χ0) is 30.2. The fraction of sp³-hybridized carbons (Fsp3) is 0. The van der Waals surface area contributed by atoms with Gasteiger partial charge in [-0.2, -0.15) is 0 Å². The summed E-state index contributed by atoms with van der Waals surface area (Å²) in [4.78, 5) is 1.27. The molecule has 2 heteroatoms. The van der Waals surface area contributed by atoms with Gasteiger partial charge in [0.2, 0.25) is 0 Å². The van der Waals surface area contributed by atoms with E-state index in [9.17, 15) is 0 Å². The Morgan fingerprint density at radius 2 is 1.07 bits per heavy atom. The topological polar surface area (TPSA) is 13.1 Å². The predicted octanol–water partition coefficient (Wildman–Crippen LogP) is 13.3. The lowest BCUT2D eigenvalue weighted by Gasteiger charge is -2.18. The van der Waals surface area contributed by atoms with Gasteiger partial charge < -0.3 is 4.42 Å². The molecule has 0 aliphatic heterocycles. The molecular formula is C44H26OS. The Balaban J connectivity index is 1.28. The first-order valence-corrected chi connectivity index (χ1v) is 16.5. The molecule has 0 aliphatic carbocycles. The third-order valence-electron chi connectivity index (χ3n) is 9.43. The van der Waals surface area contributed by atoms with Crippen LogP contribution in [0.15, 0.2) is 162 Å². The fourth-order valence-electron chi connectivity index (χ4n) is 7.39. The van der Waals surface area contributed by atoms with E-state index in [4.69, 9.17) is 4.42 Å². The molecule has 10 rings (SSSR count). The van der Waals surface area contributed by atoms with Gasteiger partial charge in [-0.3, -0.25) is 0 Å². The van der Waals surface area contributed by atoms with Crippen LogP contribution in [0.1, 0.15) is 0 Å². The van der Waals surface area contributed by atoms with Gasteiger partial charge in [-0.25, -0.2) is 0 Å². The van der Waals surface area contributed by atoms with Crippen LogP contribution in [0, 0.1) is 0 Å². The standard InChI is InChI=1S/C44H26OS/c1-2-12-28(13-3-1)40-25-31-24-37-39(26-41(31)46-40)45-38-20-10-19-36(44(37)38)43-34-17-8-6-15-32(34)42(33-16-7-9-18-35(33)43)30-22-21-27-11-4-5-14-29(27)23-30/h1-26H. The summed E-state index contributed by atoms with van der Waals surface area (Å²) in [6.45, 7) is 0. The minimum Gasteiger partial charge on any atom is -0.456 e. The highest BCUT2D eigenvalue weighted by atomic mass is 32.1. The molecule has 0 radical (unpaired) electrons. The number of rotatable bonds is 3. The van der Waals surface area contributed by atoms with Crippen LogP contribution in [0.3, 0.4) is 0 Å². The largest absolute Gasteiger partial charge is 0.456 e. The lowest BCUT2D eigenvalue weighted by molar-refractivity contribution is 0.669. The smallest absolute Gasteiger partial charge is 0.136 e. The summed E-state index contributed by atoms with van der Waals surface area (Å²) in [5.74, 6) is 0. The summed E-state index contributed by atoms with van der Waals surface area (Å²) in [6.07, 6.45) is 0. The summed E-state index contributed by atoms with van der Waals surface area (Å²) in [5.41, 5.74) is 8.05. The lowest BCUT2D eigenvalue weighted by atomic mass is 9.84. The Kier molecular flexibility index (Phi) is 5.51. The van der Waals surface area contributed by atoms with Gasteiger partial charge in [-0.05, 0) is 95.9 Å². The van der Waals surface area contributed by atoms with Crippen molar-refractivity contribution in [1.29, 1.82) is 0 Å². The fourth-order valence-corrected chi connectivity index (χ4v) is 8.47. The maximum Gasteiger partial charge on any atom is 0.136 e. The summed E-state index contributed by atoms with van der Waals surface area (Å²) >= 11 is 1.82. The van der Waals surface area contributed by atoms with Crippen molar-refractivity contribution in [3.05, 3.63) is 158 Å². The molecule has 8 aromatic carbocycles. The first kappa shape index (κ1) is 25.6. The molecular weight excluding hydrogens is 577 g/mol. The molecule has 0 aliphatic rings. The quantitative estimate of drug-likeness (QED) is 0.183. The van der Waals surface area contributed by atoms with E-state index in [-0.39, 0.29) is 0 Å². The highest BCUT2D eigenvalue weighted by molar-refractivity contribution is 7.22. The summed E-state index contributed by atoms with van der Waals surface area (Å²) in [7, 11) is 0. The third kappa shape index (κ3) is 3.81. The predicted molar refractivity (Wildman–Crippen MR) is 198 cm³/mol. The van der Waals surface area contributed by atoms with E-state index in [2.05, 4.69) is 158 Å². The maximum atomic E-state index is 6.60. The van der Waals surface area contributed by atoms with Crippen molar-refractivity contribution in [1.82, 2.24) is 0 Å². The summed E-state index contributed by atoms with van der Waals surface area (Å²) < 4.78 is 7.84. The zero-order valence-electron chi connectivity index (χ0n) is 24.8. The molecule has 0 unspecified atom stereocenters. The number of hydrogen-bond donors (Lipinski definition) is 0. The summed E-state index contributed by atoms with van der Waals surface area (Å²) in [5, 5.41) is 11.1. The first-order valence-electron chi connectivity index (χ1n) is 15.7. The molecule has 0 saturated carbocycles. The monoisotopic (exact) mass is 602 g/mol. The molecule has 0 N–H and O–H groups in total. The van der Waals surface area contributed by atoms with E-state index in [1.807, 2.05) is 11.3 Å². The van der Waals surface area contributed by atoms with Gasteiger partial charge >= 0.3 is 0 Å². The Bertz CT molecular complexity index is 2740. The molecule has 0 atom stereocenters. The average Bonchev–Trinajstić information content (AvgIpc) is 3.70. The van der Waals surface area contributed by atoms with Gasteiger partial charge in [0.25, 0.3) is 0 Å². The average molecular weight is 603 g/mol. The minimum atomic E-state index is 0.917. The Morgan fingerprint density at radius 1 is 0.391 bits per heavy atom. The highest BCUT2D eigenvalue weighted by Crippen LogP contribution is 2.48. The van der Waals surface area contributed by atoms with Crippen molar-refractivity contribution >= 4 is 75.7 Å². The highest BCUT2D eigenvalue weighted by Gasteiger charge is 2.21. The van der Waals surface area contributed by atoms with Crippen molar-refractivity contribution in [2.45, 2.75) is 0 Å². The third-order valence-corrected chi connectivity index (χ3v) is 10.6. The Morgan fingerprint density at radius 3 is 1.83 bits per heavy atom. The van der Waals surface area contributed by atoms with Gasteiger partial charge in [0.1, 0.15) is 11.2 Å². The van der Waals surface area contributed by atoms with Crippen LogP contribution in [0.4, 0.5) is 0 Å². The van der Waals surface area contributed by atoms with Crippen molar-refractivity contribution in [3.63, 3.8) is 0 Å². The molecule has 0 spiro atoms. The Hall–Kier alpha value is -5.70.